The number of thioether (sulfide) groups is 1. The molecule has 0 radical (unpaired) electrons. The van der Waals surface area contributed by atoms with Gasteiger partial charge in [0.2, 0.25) is 0 Å². The second kappa shape index (κ2) is 7.31. The molecule has 0 bridgehead atoms. The fourth-order valence-electron chi connectivity index (χ4n) is 1.99. The number of esters is 1. The van der Waals surface area contributed by atoms with Crippen LogP contribution < -0.4 is 10.1 Å². The zero-order valence-corrected chi connectivity index (χ0v) is 14.7. The van der Waals surface area contributed by atoms with Gasteiger partial charge in [0.1, 0.15) is 5.75 Å². The van der Waals surface area contributed by atoms with Crippen LogP contribution in [0.2, 0.25) is 10.0 Å². The molecule has 2 aromatic carbocycles. The van der Waals surface area contributed by atoms with Crippen LogP contribution in [0.1, 0.15) is 15.9 Å². The van der Waals surface area contributed by atoms with Crippen LogP contribution in [0.25, 0.3) is 6.08 Å². The van der Waals surface area contributed by atoms with Gasteiger partial charge >= 0.3 is 5.97 Å². The van der Waals surface area contributed by atoms with Gasteiger partial charge in [-0.3, -0.25) is 14.9 Å². The van der Waals surface area contributed by atoms with Crippen molar-refractivity contribution in [3.05, 3.63) is 68.5 Å². The molecule has 0 unspecified atom stereocenters. The van der Waals surface area contributed by atoms with Gasteiger partial charge in [-0.15, -0.1) is 0 Å². The zero-order chi connectivity index (χ0) is 18.0. The first kappa shape index (κ1) is 17.5. The number of hydrogen-bond acceptors (Lipinski definition) is 5. The maximum atomic E-state index is 12.1. The van der Waals surface area contributed by atoms with Crippen LogP contribution >= 0.6 is 35.0 Å². The first-order valence-electron chi connectivity index (χ1n) is 6.94. The minimum Gasteiger partial charge on any atom is -0.423 e. The van der Waals surface area contributed by atoms with Gasteiger partial charge in [0.05, 0.1) is 20.5 Å². The fourth-order valence-corrected chi connectivity index (χ4v) is 2.97. The summed E-state index contributed by atoms with van der Waals surface area (Å²) >= 11 is 12.5. The van der Waals surface area contributed by atoms with E-state index in [9.17, 15) is 14.4 Å². The second-order valence-electron chi connectivity index (χ2n) is 4.94. The number of carbonyl (C=O) groups excluding carboxylic acids is 3. The lowest BCUT2D eigenvalue weighted by atomic mass is 10.2. The minimum atomic E-state index is -0.569. The molecule has 3 rings (SSSR count). The van der Waals surface area contributed by atoms with Crippen molar-refractivity contribution in [2.45, 2.75) is 0 Å². The fraction of sp³-hybridized carbons (Fsp3) is 0. The number of ether oxygens (including phenoxy) is 1. The minimum absolute atomic E-state index is 0.264. The molecule has 1 aliphatic heterocycles. The number of hydrogen-bond donors (Lipinski definition) is 1. The quantitative estimate of drug-likeness (QED) is 0.470. The molecule has 2 amide bonds. The van der Waals surface area contributed by atoms with Crippen LogP contribution in [0.3, 0.4) is 0 Å². The molecule has 25 heavy (non-hydrogen) atoms. The van der Waals surface area contributed by atoms with Gasteiger partial charge in [-0.05, 0) is 53.7 Å². The SMILES string of the molecule is O=C1NC(=O)/C(=C/c2ccc(OC(=O)c3ccc(Cl)c(Cl)c3)cc2)S1. The lowest BCUT2D eigenvalue weighted by molar-refractivity contribution is -0.115. The lowest BCUT2D eigenvalue weighted by Crippen LogP contribution is -2.17. The molecule has 8 heteroatoms. The first-order valence-corrected chi connectivity index (χ1v) is 8.52. The molecule has 0 aliphatic carbocycles. The van der Waals surface area contributed by atoms with Crippen LogP contribution in [0, 0.1) is 0 Å². The second-order valence-corrected chi connectivity index (χ2v) is 6.77. The molecule has 1 N–H and O–H groups in total. The van der Waals surface area contributed by atoms with Gasteiger partial charge in [0, 0.05) is 0 Å². The Bertz CT molecular complexity index is 909. The van der Waals surface area contributed by atoms with E-state index in [4.69, 9.17) is 27.9 Å². The van der Waals surface area contributed by atoms with E-state index in [1.165, 1.54) is 18.2 Å². The highest BCUT2D eigenvalue weighted by molar-refractivity contribution is 8.18. The number of imide groups is 1. The summed E-state index contributed by atoms with van der Waals surface area (Å²) in [5, 5.41) is 2.39. The molecule has 0 atom stereocenters. The molecular formula is C17H9Cl2NO4S. The Balaban J connectivity index is 1.71. The highest BCUT2D eigenvalue weighted by Crippen LogP contribution is 2.27. The third-order valence-corrected chi connectivity index (χ3v) is 4.74. The number of halogens is 2. The van der Waals surface area contributed by atoms with Gasteiger partial charge in [-0.1, -0.05) is 35.3 Å². The molecule has 0 aromatic heterocycles. The molecule has 0 saturated carbocycles. The average Bonchev–Trinajstić information content (AvgIpc) is 2.89. The number of carbonyl (C=O) groups is 3. The van der Waals surface area contributed by atoms with Crippen molar-refractivity contribution in [3.8, 4) is 5.75 Å². The third kappa shape index (κ3) is 4.22. The van der Waals surface area contributed by atoms with E-state index in [2.05, 4.69) is 5.32 Å². The topological polar surface area (TPSA) is 72.5 Å². The predicted octanol–water partition coefficient (Wildman–Crippen LogP) is 4.54. The Kier molecular flexibility index (Phi) is 5.13. The van der Waals surface area contributed by atoms with E-state index in [1.807, 2.05) is 0 Å². The largest absolute Gasteiger partial charge is 0.423 e. The van der Waals surface area contributed by atoms with Crippen LogP contribution in [-0.2, 0) is 4.79 Å². The maximum Gasteiger partial charge on any atom is 0.343 e. The van der Waals surface area contributed by atoms with E-state index >= 15 is 0 Å². The molecule has 1 aliphatic rings. The summed E-state index contributed by atoms with van der Waals surface area (Å²) in [6, 6.07) is 11.0. The van der Waals surface area contributed by atoms with Gasteiger partial charge in [-0.2, -0.15) is 0 Å². The van der Waals surface area contributed by atoms with Crippen molar-refractivity contribution >= 4 is 58.2 Å². The van der Waals surface area contributed by atoms with Gasteiger partial charge < -0.3 is 4.74 Å². The Morgan fingerprint density at radius 2 is 1.76 bits per heavy atom. The lowest BCUT2D eigenvalue weighted by Gasteiger charge is -2.05. The summed E-state index contributed by atoms with van der Waals surface area (Å²) in [5.74, 6) is -0.663. The summed E-state index contributed by atoms with van der Waals surface area (Å²) in [6.45, 7) is 0. The standard InChI is InChI=1S/C17H9Cl2NO4S/c18-12-6-3-10(8-13(12)19)16(22)24-11-4-1-9(2-5-11)7-14-15(21)20-17(23)25-14/h1-8H,(H,20,21,23)/b14-7-. The van der Waals surface area contributed by atoms with Crippen molar-refractivity contribution in [1.29, 1.82) is 0 Å². The van der Waals surface area contributed by atoms with Gasteiger partial charge in [-0.25, -0.2) is 4.79 Å². The molecule has 0 spiro atoms. The summed E-state index contributed by atoms with van der Waals surface area (Å²) in [4.78, 5) is 35.0. The van der Waals surface area contributed by atoms with Crippen molar-refractivity contribution in [2.24, 2.45) is 0 Å². The van der Waals surface area contributed by atoms with Crippen molar-refractivity contribution in [1.82, 2.24) is 5.32 Å². The van der Waals surface area contributed by atoms with Crippen LogP contribution in [0.15, 0.2) is 47.4 Å². The molecule has 126 valence electrons. The smallest absolute Gasteiger partial charge is 0.343 e. The molecule has 2 aromatic rings. The molecule has 5 nitrogen and oxygen atoms in total. The van der Waals surface area contributed by atoms with E-state index in [0.717, 1.165) is 11.8 Å². The Morgan fingerprint density at radius 1 is 1.04 bits per heavy atom. The molecule has 1 heterocycles. The summed E-state index contributed by atoms with van der Waals surface area (Å²) in [6.07, 6.45) is 1.58. The Hall–Kier alpha value is -2.28. The Morgan fingerprint density at radius 3 is 2.36 bits per heavy atom. The van der Waals surface area contributed by atoms with E-state index in [1.54, 1.807) is 30.3 Å². The highest BCUT2D eigenvalue weighted by atomic mass is 35.5. The third-order valence-electron chi connectivity index (χ3n) is 3.19. The van der Waals surface area contributed by atoms with E-state index in [-0.39, 0.29) is 10.6 Å². The zero-order valence-electron chi connectivity index (χ0n) is 12.4. The van der Waals surface area contributed by atoms with Crippen LogP contribution in [0.5, 0.6) is 5.75 Å². The van der Waals surface area contributed by atoms with Crippen molar-refractivity contribution in [2.75, 3.05) is 0 Å². The summed E-state index contributed by atoms with van der Waals surface area (Å²) in [5.41, 5.74) is 0.972. The van der Waals surface area contributed by atoms with E-state index in [0.29, 0.717) is 21.2 Å². The monoisotopic (exact) mass is 393 g/mol. The number of nitrogens with one attached hydrogen (secondary N) is 1. The van der Waals surface area contributed by atoms with Gasteiger partial charge in [0.15, 0.2) is 0 Å². The highest BCUT2D eigenvalue weighted by Gasteiger charge is 2.24. The van der Waals surface area contributed by atoms with Crippen molar-refractivity contribution < 1.29 is 19.1 Å². The first-order chi connectivity index (χ1) is 11.9. The summed E-state index contributed by atoms with van der Waals surface area (Å²) in [7, 11) is 0. The average molecular weight is 394 g/mol. The normalized spacial score (nSPS) is 15.4. The Labute approximate surface area is 156 Å². The number of amides is 2. The number of rotatable bonds is 3. The predicted molar refractivity (Wildman–Crippen MR) is 97.0 cm³/mol. The molecule has 1 fully saturated rings. The maximum absolute atomic E-state index is 12.1. The molecular weight excluding hydrogens is 385 g/mol. The van der Waals surface area contributed by atoms with Gasteiger partial charge in [0.25, 0.3) is 11.1 Å². The van der Waals surface area contributed by atoms with Crippen molar-refractivity contribution in [3.63, 3.8) is 0 Å². The van der Waals surface area contributed by atoms with E-state index < -0.39 is 17.1 Å². The molecule has 1 saturated heterocycles. The van der Waals surface area contributed by atoms with Crippen LogP contribution in [0.4, 0.5) is 4.79 Å². The number of benzene rings is 2. The summed E-state index contributed by atoms with van der Waals surface area (Å²) < 4.78 is 5.26. The van der Waals surface area contributed by atoms with Crippen LogP contribution in [-0.4, -0.2) is 17.1 Å².